The molecule has 8 heteroatoms. The Kier molecular flexibility index (Phi) is 9.30. The molecular weight excluding hydrogens is 512 g/mol. The predicted octanol–water partition coefficient (Wildman–Crippen LogP) is 6.28. The van der Waals surface area contributed by atoms with Crippen molar-refractivity contribution in [2.24, 2.45) is 0 Å². The fraction of sp³-hybridized carbons (Fsp3) is 0.406. The summed E-state index contributed by atoms with van der Waals surface area (Å²) in [7, 11) is 1.52. The Morgan fingerprint density at radius 1 is 1.12 bits per heavy atom. The second-order valence-corrected chi connectivity index (χ2v) is 10.4. The number of esters is 2. The minimum Gasteiger partial charge on any atom is -0.507 e. The lowest BCUT2D eigenvalue weighted by atomic mass is 9.83. The third-order valence-electron chi connectivity index (χ3n) is 7.04. The van der Waals surface area contributed by atoms with Crippen molar-refractivity contribution in [2.75, 3.05) is 13.7 Å². The summed E-state index contributed by atoms with van der Waals surface area (Å²) in [4.78, 5) is 38.2. The standard InChI is InChI=1S/C32H36O8/c1-19(2)18-38-25-14-13-21(15-26(25)37-4)24-17-28(34)40-27-16-22-10-6-5-7-11-23(33)12-8-9-20(3)39-32(36)29(22)31(35)30(24)27/h6,10,13-16,20,24,35H,1,5,7-9,11-12,17-18H2,2-4H3/b10-6+/t20-,24?/m0/s1. The van der Waals surface area contributed by atoms with Gasteiger partial charge in [0.1, 0.15) is 29.5 Å². The summed E-state index contributed by atoms with van der Waals surface area (Å²) in [5.74, 6) is -0.653. The average Bonchev–Trinajstić information content (AvgIpc) is 2.90. The molecule has 2 heterocycles. The van der Waals surface area contributed by atoms with Gasteiger partial charge >= 0.3 is 11.9 Å². The molecule has 4 rings (SSSR count). The van der Waals surface area contributed by atoms with E-state index in [0.29, 0.717) is 73.3 Å². The summed E-state index contributed by atoms with van der Waals surface area (Å²) in [5.41, 5.74) is 2.28. The number of fused-ring (bicyclic) bond motifs is 2. The van der Waals surface area contributed by atoms with Crippen LogP contribution >= 0.6 is 0 Å². The maximum absolute atomic E-state index is 13.4. The molecule has 0 amide bonds. The van der Waals surface area contributed by atoms with E-state index in [9.17, 15) is 19.5 Å². The van der Waals surface area contributed by atoms with Crippen LogP contribution < -0.4 is 14.2 Å². The highest BCUT2D eigenvalue weighted by molar-refractivity contribution is 5.98. The number of phenolic OH excluding ortho intramolecular Hbond substituents is 1. The van der Waals surface area contributed by atoms with Crippen molar-refractivity contribution in [3.8, 4) is 23.0 Å². The van der Waals surface area contributed by atoms with Crippen molar-refractivity contribution < 1.29 is 38.4 Å². The van der Waals surface area contributed by atoms with Crippen LogP contribution in [-0.2, 0) is 14.3 Å². The van der Waals surface area contributed by atoms with Crippen LogP contribution in [-0.4, -0.2) is 42.6 Å². The molecule has 2 aliphatic rings. The summed E-state index contributed by atoms with van der Waals surface area (Å²) < 4.78 is 22.6. The first kappa shape index (κ1) is 28.9. The van der Waals surface area contributed by atoms with Gasteiger partial charge in [0.2, 0.25) is 0 Å². The first-order chi connectivity index (χ1) is 19.2. The summed E-state index contributed by atoms with van der Waals surface area (Å²) in [6.45, 7) is 7.80. The lowest BCUT2D eigenvalue weighted by molar-refractivity contribution is -0.135. The molecule has 0 saturated carbocycles. The molecule has 1 N–H and O–H groups in total. The molecule has 0 aromatic heterocycles. The first-order valence-electron chi connectivity index (χ1n) is 13.6. The van der Waals surface area contributed by atoms with Crippen LogP contribution in [0.5, 0.6) is 23.0 Å². The number of hydrogen-bond acceptors (Lipinski definition) is 8. The molecule has 1 unspecified atom stereocenters. The van der Waals surface area contributed by atoms with Gasteiger partial charge in [-0.15, -0.1) is 0 Å². The van der Waals surface area contributed by atoms with E-state index < -0.39 is 24.0 Å². The van der Waals surface area contributed by atoms with E-state index in [1.54, 1.807) is 37.3 Å². The van der Waals surface area contributed by atoms with E-state index in [1.807, 2.05) is 13.0 Å². The molecule has 0 radical (unpaired) electrons. The molecule has 40 heavy (non-hydrogen) atoms. The van der Waals surface area contributed by atoms with Gasteiger partial charge in [-0.25, -0.2) is 4.79 Å². The van der Waals surface area contributed by atoms with Crippen LogP contribution in [0.25, 0.3) is 6.08 Å². The Labute approximate surface area is 234 Å². The average molecular weight is 549 g/mol. The molecule has 0 bridgehead atoms. The second-order valence-electron chi connectivity index (χ2n) is 10.4. The maximum Gasteiger partial charge on any atom is 0.342 e. The fourth-order valence-corrected chi connectivity index (χ4v) is 5.02. The number of aromatic hydroxyl groups is 1. The van der Waals surface area contributed by atoms with Gasteiger partial charge in [-0.2, -0.15) is 0 Å². The van der Waals surface area contributed by atoms with E-state index in [2.05, 4.69) is 6.58 Å². The number of allylic oxidation sites excluding steroid dienone is 1. The minimum atomic E-state index is -0.674. The molecule has 2 aromatic carbocycles. The fourth-order valence-electron chi connectivity index (χ4n) is 5.02. The number of carbonyl (C=O) groups is 3. The summed E-state index contributed by atoms with van der Waals surface area (Å²) in [6, 6.07) is 6.90. The third kappa shape index (κ3) is 6.73. The number of Topliss-reactive ketones (excluding diaryl/α,β-unsaturated/α-hetero) is 1. The van der Waals surface area contributed by atoms with Crippen LogP contribution in [0.1, 0.15) is 91.8 Å². The number of methoxy groups -OCH3 is 1. The van der Waals surface area contributed by atoms with Crippen molar-refractivity contribution in [3.05, 3.63) is 64.7 Å². The van der Waals surface area contributed by atoms with E-state index in [1.165, 1.54) is 7.11 Å². The number of cyclic esters (lactones) is 1. The largest absolute Gasteiger partial charge is 0.507 e. The summed E-state index contributed by atoms with van der Waals surface area (Å²) in [6.07, 6.45) is 6.47. The molecule has 0 spiro atoms. The van der Waals surface area contributed by atoms with Crippen molar-refractivity contribution in [3.63, 3.8) is 0 Å². The highest BCUT2D eigenvalue weighted by Crippen LogP contribution is 2.48. The van der Waals surface area contributed by atoms with E-state index >= 15 is 0 Å². The Bertz CT molecular complexity index is 1340. The zero-order chi connectivity index (χ0) is 28.8. The highest BCUT2D eigenvalue weighted by Gasteiger charge is 2.36. The SMILES string of the molecule is C=C(C)COc1ccc(C2CC(=O)Oc3cc4c(c(O)c32)C(=O)O[C@@H](C)CCCC(=O)CCC/C=C/4)cc1OC. The maximum atomic E-state index is 13.4. The van der Waals surface area contributed by atoms with Crippen LogP contribution in [0.4, 0.5) is 0 Å². The number of rotatable bonds is 5. The lowest BCUT2D eigenvalue weighted by Gasteiger charge is -2.28. The van der Waals surface area contributed by atoms with Crippen LogP contribution in [0.2, 0.25) is 0 Å². The predicted molar refractivity (Wildman–Crippen MR) is 150 cm³/mol. The highest BCUT2D eigenvalue weighted by atomic mass is 16.5. The van der Waals surface area contributed by atoms with Gasteiger partial charge in [0, 0.05) is 24.3 Å². The molecule has 0 aliphatic carbocycles. The molecule has 212 valence electrons. The van der Waals surface area contributed by atoms with Crippen LogP contribution in [0.3, 0.4) is 0 Å². The smallest absolute Gasteiger partial charge is 0.342 e. The molecule has 0 fully saturated rings. The second kappa shape index (κ2) is 12.9. The molecule has 2 atom stereocenters. The Morgan fingerprint density at radius 3 is 2.65 bits per heavy atom. The van der Waals surface area contributed by atoms with E-state index in [4.69, 9.17) is 18.9 Å². The number of phenols is 1. The molecule has 2 aliphatic heterocycles. The lowest BCUT2D eigenvalue weighted by Crippen LogP contribution is -2.23. The topological polar surface area (TPSA) is 108 Å². The number of benzene rings is 2. The number of ketones is 1. The van der Waals surface area contributed by atoms with Crippen molar-refractivity contribution in [2.45, 2.75) is 70.8 Å². The molecule has 0 saturated heterocycles. The van der Waals surface area contributed by atoms with Gasteiger partial charge in [-0.1, -0.05) is 24.8 Å². The quantitative estimate of drug-likeness (QED) is 0.264. The normalized spacial score (nSPS) is 20.7. The monoisotopic (exact) mass is 548 g/mol. The Hall–Kier alpha value is -4.07. The van der Waals surface area contributed by atoms with E-state index in [0.717, 1.165) is 5.57 Å². The van der Waals surface area contributed by atoms with Crippen LogP contribution in [0.15, 0.2) is 42.5 Å². The van der Waals surface area contributed by atoms with Gasteiger partial charge in [0.25, 0.3) is 0 Å². The summed E-state index contributed by atoms with van der Waals surface area (Å²) in [5, 5.41) is 11.6. The zero-order valence-electron chi connectivity index (χ0n) is 23.3. The first-order valence-corrected chi connectivity index (χ1v) is 13.6. The molecule has 2 aromatic rings. The molecule has 8 nitrogen and oxygen atoms in total. The Balaban J connectivity index is 1.78. The number of carbonyl (C=O) groups excluding carboxylic acids is 3. The third-order valence-corrected chi connectivity index (χ3v) is 7.04. The van der Waals surface area contributed by atoms with Crippen molar-refractivity contribution >= 4 is 23.8 Å². The van der Waals surface area contributed by atoms with Gasteiger partial charge in [-0.3, -0.25) is 9.59 Å². The number of hydrogen-bond donors (Lipinski definition) is 1. The zero-order valence-corrected chi connectivity index (χ0v) is 23.3. The van der Waals surface area contributed by atoms with Crippen molar-refractivity contribution in [1.82, 2.24) is 0 Å². The molecular formula is C32H36O8. The van der Waals surface area contributed by atoms with Crippen molar-refractivity contribution in [1.29, 1.82) is 0 Å². The van der Waals surface area contributed by atoms with Gasteiger partial charge in [0.15, 0.2) is 11.5 Å². The van der Waals surface area contributed by atoms with Gasteiger partial charge in [-0.05, 0) is 74.4 Å². The van der Waals surface area contributed by atoms with Gasteiger partial charge in [0.05, 0.1) is 19.6 Å². The number of ether oxygens (including phenoxy) is 4. The van der Waals surface area contributed by atoms with E-state index in [-0.39, 0.29) is 29.3 Å². The minimum absolute atomic E-state index is 0.0197. The van der Waals surface area contributed by atoms with Gasteiger partial charge < -0.3 is 24.1 Å². The summed E-state index contributed by atoms with van der Waals surface area (Å²) >= 11 is 0. The Morgan fingerprint density at radius 2 is 1.90 bits per heavy atom. The van der Waals surface area contributed by atoms with Crippen LogP contribution in [0, 0.1) is 0 Å².